The summed E-state index contributed by atoms with van der Waals surface area (Å²) in [5.74, 6) is 5.24. The Kier molecular flexibility index (Phi) is 5.15. The number of hydrogen-bond donors (Lipinski definition) is 2. The van der Waals surface area contributed by atoms with E-state index in [2.05, 4.69) is 16.6 Å². The molecule has 0 unspecified atom stereocenters. The molecule has 0 atom stereocenters. The van der Waals surface area contributed by atoms with Gasteiger partial charge in [-0.1, -0.05) is 11.8 Å². The fourth-order valence-corrected chi connectivity index (χ4v) is 3.62. The number of rotatable bonds is 4. The van der Waals surface area contributed by atoms with Crippen molar-refractivity contribution in [1.82, 2.24) is 4.72 Å². The smallest absolute Gasteiger partial charge is 0.240 e. The van der Waals surface area contributed by atoms with Gasteiger partial charge >= 0.3 is 0 Å². The van der Waals surface area contributed by atoms with Crippen molar-refractivity contribution < 1.29 is 13.5 Å². The van der Waals surface area contributed by atoms with Gasteiger partial charge in [-0.05, 0) is 48.2 Å². The van der Waals surface area contributed by atoms with Crippen molar-refractivity contribution in [2.24, 2.45) is 0 Å². The van der Waals surface area contributed by atoms with Crippen LogP contribution in [-0.4, -0.2) is 20.1 Å². The molecule has 2 N–H and O–H groups in total. The SMILES string of the molecule is Cc1ccsc1CNS(=O)(=O)c1ccc(C#CCO)cc1. The zero-order chi connectivity index (χ0) is 15.3. The maximum atomic E-state index is 12.2. The molecule has 0 fully saturated rings. The van der Waals surface area contributed by atoms with E-state index >= 15 is 0 Å². The highest BCUT2D eigenvalue weighted by Gasteiger charge is 2.14. The molecular weight excluding hydrogens is 306 g/mol. The molecule has 110 valence electrons. The molecule has 0 amide bonds. The van der Waals surface area contributed by atoms with Crippen molar-refractivity contribution in [2.45, 2.75) is 18.4 Å². The minimum atomic E-state index is -3.53. The van der Waals surface area contributed by atoms with E-state index in [1.807, 2.05) is 18.4 Å². The van der Waals surface area contributed by atoms with Crippen molar-refractivity contribution >= 4 is 21.4 Å². The molecule has 21 heavy (non-hydrogen) atoms. The van der Waals surface area contributed by atoms with Crippen molar-refractivity contribution in [1.29, 1.82) is 0 Å². The van der Waals surface area contributed by atoms with Crippen LogP contribution >= 0.6 is 11.3 Å². The van der Waals surface area contributed by atoms with E-state index in [-0.39, 0.29) is 18.0 Å². The highest BCUT2D eigenvalue weighted by atomic mass is 32.2. The molecule has 2 aromatic rings. The lowest BCUT2D eigenvalue weighted by Gasteiger charge is -2.06. The van der Waals surface area contributed by atoms with E-state index < -0.39 is 10.0 Å². The summed E-state index contributed by atoms with van der Waals surface area (Å²) in [6.45, 7) is 2.02. The average Bonchev–Trinajstić information content (AvgIpc) is 2.89. The molecule has 0 aliphatic rings. The summed E-state index contributed by atoms with van der Waals surface area (Å²) in [5, 5.41) is 10.6. The van der Waals surface area contributed by atoms with E-state index in [0.717, 1.165) is 10.4 Å². The Morgan fingerprint density at radius 2 is 1.95 bits per heavy atom. The molecule has 1 heterocycles. The number of aliphatic hydroxyl groups is 1. The van der Waals surface area contributed by atoms with Gasteiger partial charge in [0.15, 0.2) is 0 Å². The number of sulfonamides is 1. The second-order valence-electron chi connectivity index (χ2n) is 4.34. The van der Waals surface area contributed by atoms with Gasteiger partial charge in [-0.25, -0.2) is 13.1 Å². The minimum Gasteiger partial charge on any atom is -0.384 e. The van der Waals surface area contributed by atoms with E-state index in [0.29, 0.717) is 5.56 Å². The Morgan fingerprint density at radius 3 is 2.52 bits per heavy atom. The van der Waals surface area contributed by atoms with Crippen molar-refractivity contribution in [3.05, 3.63) is 51.7 Å². The molecular formula is C15H15NO3S2. The first-order valence-corrected chi connectivity index (χ1v) is 8.61. The van der Waals surface area contributed by atoms with Crippen LogP contribution in [0.2, 0.25) is 0 Å². The van der Waals surface area contributed by atoms with Crippen LogP contribution in [0, 0.1) is 18.8 Å². The second kappa shape index (κ2) is 6.87. The molecule has 0 saturated carbocycles. The number of benzene rings is 1. The molecule has 6 heteroatoms. The lowest BCUT2D eigenvalue weighted by atomic mass is 10.2. The first-order valence-electron chi connectivity index (χ1n) is 6.25. The molecule has 1 aromatic carbocycles. The van der Waals surface area contributed by atoms with Gasteiger partial charge in [0.05, 0.1) is 4.90 Å². The van der Waals surface area contributed by atoms with Gasteiger partial charge in [-0.15, -0.1) is 11.3 Å². The molecule has 0 aliphatic carbocycles. The molecule has 0 radical (unpaired) electrons. The van der Waals surface area contributed by atoms with E-state index in [4.69, 9.17) is 5.11 Å². The van der Waals surface area contributed by atoms with Gasteiger partial charge in [0.1, 0.15) is 6.61 Å². The van der Waals surface area contributed by atoms with Gasteiger partial charge in [-0.3, -0.25) is 0 Å². The second-order valence-corrected chi connectivity index (χ2v) is 7.10. The summed E-state index contributed by atoms with van der Waals surface area (Å²) >= 11 is 1.53. The Bertz CT molecular complexity index is 765. The largest absolute Gasteiger partial charge is 0.384 e. The van der Waals surface area contributed by atoms with Crippen LogP contribution in [0.25, 0.3) is 0 Å². The minimum absolute atomic E-state index is 0.200. The van der Waals surface area contributed by atoms with Crippen LogP contribution in [0.15, 0.2) is 40.6 Å². The average molecular weight is 321 g/mol. The molecule has 2 rings (SSSR count). The topological polar surface area (TPSA) is 66.4 Å². The zero-order valence-electron chi connectivity index (χ0n) is 11.5. The maximum Gasteiger partial charge on any atom is 0.240 e. The Balaban J connectivity index is 2.10. The van der Waals surface area contributed by atoms with Crippen LogP contribution in [0.5, 0.6) is 0 Å². The summed E-state index contributed by atoms with van der Waals surface area (Å²) in [6, 6.07) is 8.21. The van der Waals surface area contributed by atoms with Crippen LogP contribution in [0.3, 0.4) is 0 Å². The Labute approximate surface area is 128 Å². The summed E-state index contributed by atoms with van der Waals surface area (Å²) in [5.41, 5.74) is 1.74. The quantitative estimate of drug-likeness (QED) is 0.845. The van der Waals surface area contributed by atoms with Crippen LogP contribution in [-0.2, 0) is 16.6 Å². The maximum absolute atomic E-state index is 12.2. The van der Waals surface area contributed by atoms with Crippen molar-refractivity contribution in [3.63, 3.8) is 0 Å². The molecule has 4 nitrogen and oxygen atoms in total. The fourth-order valence-electron chi connectivity index (χ4n) is 1.69. The molecule has 0 saturated heterocycles. The van der Waals surface area contributed by atoms with E-state index in [1.54, 1.807) is 12.1 Å². The highest BCUT2D eigenvalue weighted by Crippen LogP contribution is 2.17. The third kappa shape index (κ3) is 4.16. The summed E-state index contributed by atoms with van der Waals surface area (Å²) in [4.78, 5) is 1.20. The fraction of sp³-hybridized carbons (Fsp3) is 0.200. The van der Waals surface area contributed by atoms with Crippen molar-refractivity contribution in [2.75, 3.05) is 6.61 Å². The monoisotopic (exact) mass is 321 g/mol. The first-order chi connectivity index (χ1) is 10.0. The molecule has 0 aliphatic heterocycles. The molecule has 0 spiro atoms. The first kappa shape index (κ1) is 15.7. The van der Waals surface area contributed by atoms with Gasteiger partial charge in [0.2, 0.25) is 10.0 Å². The summed E-state index contributed by atoms with van der Waals surface area (Å²) in [6.07, 6.45) is 0. The lowest BCUT2D eigenvalue weighted by Crippen LogP contribution is -2.23. The van der Waals surface area contributed by atoms with Gasteiger partial charge in [0.25, 0.3) is 0 Å². The van der Waals surface area contributed by atoms with E-state index in [9.17, 15) is 8.42 Å². The van der Waals surface area contributed by atoms with Crippen molar-refractivity contribution in [3.8, 4) is 11.8 Å². The molecule has 1 aromatic heterocycles. The third-order valence-electron chi connectivity index (χ3n) is 2.87. The van der Waals surface area contributed by atoms with E-state index in [1.165, 1.54) is 23.5 Å². The predicted octanol–water partition coefficient (Wildman–Crippen LogP) is 1.88. The zero-order valence-corrected chi connectivity index (χ0v) is 13.1. The van der Waals surface area contributed by atoms with Crippen LogP contribution < -0.4 is 4.72 Å². The van der Waals surface area contributed by atoms with Crippen LogP contribution in [0.1, 0.15) is 16.0 Å². The lowest BCUT2D eigenvalue weighted by molar-refractivity contribution is 0.350. The number of nitrogens with one attached hydrogen (secondary N) is 1. The number of thiophene rings is 1. The van der Waals surface area contributed by atoms with Gasteiger partial charge in [-0.2, -0.15) is 0 Å². The van der Waals surface area contributed by atoms with Gasteiger partial charge < -0.3 is 5.11 Å². The number of hydrogen-bond acceptors (Lipinski definition) is 4. The third-order valence-corrected chi connectivity index (χ3v) is 5.31. The van der Waals surface area contributed by atoms with Crippen LogP contribution in [0.4, 0.5) is 0 Å². The highest BCUT2D eigenvalue weighted by molar-refractivity contribution is 7.89. The summed E-state index contributed by atoms with van der Waals surface area (Å²) in [7, 11) is -3.53. The Hall–Kier alpha value is -1.65. The molecule has 0 bridgehead atoms. The predicted molar refractivity (Wildman–Crippen MR) is 83.5 cm³/mol. The number of aryl methyl sites for hydroxylation is 1. The van der Waals surface area contributed by atoms with Gasteiger partial charge in [0, 0.05) is 17.0 Å². The number of aliphatic hydroxyl groups excluding tert-OH is 1. The standard InChI is InChI=1S/C15H15NO3S2/c1-12-8-10-20-15(12)11-16-21(18,19)14-6-4-13(5-7-14)3-2-9-17/h4-8,10,16-17H,9,11H2,1H3. The normalized spacial score (nSPS) is 11.0. The Morgan fingerprint density at radius 1 is 1.24 bits per heavy atom. The summed E-state index contributed by atoms with van der Waals surface area (Å²) < 4.78 is 27.0.